The molecule has 3 aromatic heterocycles. The summed E-state index contributed by atoms with van der Waals surface area (Å²) in [6, 6.07) is 17.5. The zero-order chi connectivity index (χ0) is 26.2. The molecule has 10 heteroatoms. The van der Waals surface area contributed by atoms with Gasteiger partial charge in [0.15, 0.2) is 0 Å². The first kappa shape index (κ1) is 24.0. The Labute approximate surface area is 208 Å². The highest BCUT2D eigenvalue weighted by molar-refractivity contribution is 5.90. The van der Waals surface area contributed by atoms with Crippen LogP contribution >= 0.6 is 0 Å². The smallest absolute Gasteiger partial charge is 0.351 e. The number of nitrogens with zero attached hydrogens (tertiary/aromatic N) is 4. The lowest BCUT2D eigenvalue weighted by molar-refractivity contribution is -0.137. The number of nitrogens with two attached hydrogens (primary N) is 1. The molecule has 0 aliphatic rings. The lowest BCUT2D eigenvalue weighted by Crippen LogP contribution is -2.35. The van der Waals surface area contributed by atoms with Crippen molar-refractivity contribution in [1.29, 1.82) is 0 Å². The maximum absolute atomic E-state index is 13.1. The van der Waals surface area contributed by atoms with Crippen LogP contribution in [0.3, 0.4) is 0 Å². The first-order valence-corrected chi connectivity index (χ1v) is 11.1. The molecule has 0 radical (unpaired) electrons. The lowest BCUT2D eigenvalue weighted by Gasteiger charge is -2.22. The molecule has 6 nitrogen and oxygen atoms in total. The molecule has 2 aromatic carbocycles. The van der Waals surface area contributed by atoms with Gasteiger partial charge in [-0.3, -0.25) is 9.30 Å². The van der Waals surface area contributed by atoms with Gasteiger partial charge in [-0.25, -0.2) is 14.8 Å². The van der Waals surface area contributed by atoms with Gasteiger partial charge in [0.25, 0.3) is 0 Å². The molecule has 2 N–H and O–H groups in total. The summed E-state index contributed by atoms with van der Waals surface area (Å²) in [4.78, 5) is 21.3. The van der Waals surface area contributed by atoms with Gasteiger partial charge in [-0.05, 0) is 53.6 Å². The summed E-state index contributed by atoms with van der Waals surface area (Å²) < 4.78 is 54.4. The average molecular weight is 505 g/mol. The van der Waals surface area contributed by atoms with E-state index in [0.29, 0.717) is 11.2 Å². The maximum atomic E-state index is 13.1. The highest BCUT2D eigenvalue weighted by Crippen LogP contribution is 2.32. The van der Waals surface area contributed by atoms with Gasteiger partial charge in [0.2, 0.25) is 5.95 Å². The number of urea groups is 1. The van der Waals surface area contributed by atoms with Gasteiger partial charge in [-0.1, -0.05) is 30.3 Å². The number of imidazole rings is 1. The zero-order valence-electron chi connectivity index (χ0n) is 19.2. The number of carbonyl (C=O) groups excluding carboxylic acids is 1. The molecule has 0 saturated heterocycles. The molecular formula is C27H19F4N5O. The molecule has 0 bridgehead atoms. The number of benzene rings is 2. The fourth-order valence-corrected chi connectivity index (χ4v) is 4.03. The summed E-state index contributed by atoms with van der Waals surface area (Å²) in [5.74, 6) is -0.551. The minimum Gasteiger partial charge on any atom is -0.351 e. The van der Waals surface area contributed by atoms with Crippen LogP contribution in [0.2, 0.25) is 0 Å². The number of aromatic nitrogens is 3. The Morgan fingerprint density at radius 1 is 0.892 bits per heavy atom. The molecule has 5 aromatic rings. The van der Waals surface area contributed by atoms with Gasteiger partial charge < -0.3 is 5.73 Å². The van der Waals surface area contributed by atoms with E-state index in [9.17, 15) is 22.4 Å². The van der Waals surface area contributed by atoms with E-state index in [1.807, 2.05) is 34.9 Å². The Bertz CT molecular complexity index is 1580. The van der Waals surface area contributed by atoms with Gasteiger partial charge >= 0.3 is 12.2 Å². The van der Waals surface area contributed by atoms with E-state index in [-0.39, 0.29) is 12.2 Å². The van der Waals surface area contributed by atoms with Crippen molar-refractivity contribution in [3.63, 3.8) is 0 Å². The summed E-state index contributed by atoms with van der Waals surface area (Å²) in [7, 11) is 0. The maximum Gasteiger partial charge on any atom is 0.416 e. The third kappa shape index (κ3) is 4.99. The molecule has 0 fully saturated rings. The Balaban J connectivity index is 1.39. The number of carbonyl (C=O) groups is 1. The fourth-order valence-electron chi connectivity index (χ4n) is 4.03. The lowest BCUT2D eigenvalue weighted by atomic mass is 10.1. The second kappa shape index (κ2) is 9.38. The van der Waals surface area contributed by atoms with Crippen LogP contribution in [0.15, 0.2) is 91.4 Å². The number of rotatable bonds is 5. The normalized spacial score (nSPS) is 11.6. The number of halogens is 4. The Morgan fingerprint density at radius 2 is 1.65 bits per heavy atom. The molecule has 0 spiro atoms. The number of primary amides is 1. The second-order valence-electron chi connectivity index (χ2n) is 8.33. The van der Waals surface area contributed by atoms with Crippen LogP contribution in [-0.2, 0) is 12.7 Å². The number of fused-ring (bicyclic) bond motifs is 1. The van der Waals surface area contributed by atoms with E-state index >= 15 is 0 Å². The van der Waals surface area contributed by atoms with Crippen molar-refractivity contribution in [1.82, 2.24) is 14.4 Å². The van der Waals surface area contributed by atoms with Gasteiger partial charge in [-0.2, -0.15) is 17.6 Å². The molecule has 5 rings (SSSR count). The largest absolute Gasteiger partial charge is 0.416 e. The zero-order valence-corrected chi connectivity index (χ0v) is 19.2. The fraction of sp³-hybridized carbons (Fsp3) is 0.0741. The number of amides is 2. The van der Waals surface area contributed by atoms with Gasteiger partial charge in [0.1, 0.15) is 5.65 Å². The van der Waals surface area contributed by atoms with Crippen LogP contribution in [0.25, 0.3) is 28.0 Å². The van der Waals surface area contributed by atoms with Crippen LogP contribution in [-0.4, -0.2) is 20.4 Å². The highest BCUT2D eigenvalue weighted by atomic mass is 19.4. The summed E-state index contributed by atoms with van der Waals surface area (Å²) in [6.07, 6.45) is 0.492. The third-order valence-corrected chi connectivity index (χ3v) is 5.92. The minimum absolute atomic E-state index is 0.000851. The molecule has 37 heavy (non-hydrogen) atoms. The summed E-state index contributed by atoms with van der Waals surface area (Å²) in [6.45, 7) is -0.000851. The van der Waals surface area contributed by atoms with E-state index in [1.54, 1.807) is 24.4 Å². The van der Waals surface area contributed by atoms with Crippen molar-refractivity contribution in [3.05, 3.63) is 108 Å². The average Bonchev–Trinajstić information content (AvgIpc) is 3.31. The molecule has 2 amide bonds. The van der Waals surface area contributed by atoms with Gasteiger partial charge in [0.05, 0.1) is 24.0 Å². The Kier molecular flexibility index (Phi) is 6.08. The molecular weight excluding hydrogens is 486 g/mol. The first-order chi connectivity index (χ1) is 17.7. The van der Waals surface area contributed by atoms with Gasteiger partial charge in [0, 0.05) is 29.2 Å². The molecule has 3 heterocycles. The third-order valence-electron chi connectivity index (χ3n) is 5.92. The number of pyridine rings is 2. The van der Waals surface area contributed by atoms with Crippen LogP contribution in [0, 0.1) is 5.95 Å². The SMILES string of the molecule is NC(=O)N(Cc1ccc(-c2cnc3cc(-c4ccc(F)nc4)ccn23)cc1)c1cccc(C(F)(F)F)c1. The van der Waals surface area contributed by atoms with Crippen molar-refractivity contribution in [3.8, 4) is 22.4 Å². The summed E-state index contributed by atoms with van der Waals surface area (Å²) >= 11 is 0. The van der Waals surface area contributed by atoms with Crippen LogP contribution in [0.4, 0.5) is 28.0 Å². The first-order valence-electron chi connectivity index (χ1n) is 11.1. The topological polar surface area (TPSA) is 76.5 Å². The van der Waals surface area contributed by atoms with Crippen molar-refractivity contribution < 1.29 is 22.4 Å². The Morgan fingerprint density at radius 3 is 2.32 bits per heavy atom. The van der Waals surface area contributed by atoms with E-state index < -0.39 is 23.7 Å². The van der Waals surface area contributed by atoms with Crippen molar-refractivity contribution in [2.24, 2.45) is 5.73 Å². The van der Waals surface area contributed by atoms with Crippen LogP contribution in [0.1, 0.15) is 11.1 Å². The second-order valence-corrected chi connectivity index (χ2v) is 8.33. The molecule has 0 saturated carbocycles. The van der Waals surface area contributed by atoms with Gasteiger partial charge in [-0.15, -0.1) is 0 Å². The highest BCUT2D eigenvalue weighted by Gasteiger charge is 2.31. The van der Waals surface area contributed by atoms with Crippen LogP contribution < -0.4 is 10.6 Å². The molecule has 0 atom stereocenters. The van der Waals surface area contributed by atoms with E-state index in [2.05, 4.69) is 9.97 Å². The summed E-state index contributed by atoms with van der Waals surface area (Å²) in [5.41, 5.74) is 9.30. The predicted octanol–water partition coefficient (Wildman–Crippen LogP) is 6.31. The van der Waals surface area contributed by atoms with Crippen LogP contribution in [0.5, 0.6) is 0 Å². The van der Waals surface area contributed by atoms with E-state index in [4.69, 9.17) is 5.73 Å². The number of hydrogen-bond acceptors (Lipinski definition) is 3. The molecule has 0 aliphatic heterocycles. The molecule has 0 aliphatic carbocycles. The quantitative estimate of drug-likeness (QED) is 0.225. The summed E-state index contributed by atoms with van der Waals surface area (Å²) in [5, 5.41) is 0. The Hall–Kier alpha value is -4.73. The monoisotopic (exact) mass is 505 g/mol. The van der Waals surface area contributed by atoms with Crippen molar-refractivity contribution in [2.75, 3.05) is 4.90 Å². The van der Waals surface area contributed by atoms with E-state index in [1.165, 1.54) is 24.4 Å². The van der Waals surface area contributed by atoms with Crippen molar-refractivity contribution >= 4 is 17.4 Å². The number of anilines is 1. The predicted molar refractivity (Wildman–Crippen MR) is 131 cm³/mol. The van der Waals surface area contributed by atoms with Crippen molar-refractivity contribution in [2.45, 2.75) is 12.7 Å². The number of alkyl halides is 3. The number of hydrogen-bond donors (Lipinski definition) is 1. The molecule has 0 unspecified atom stereocenters. The standard InChI is InChI=1S/C27H19F4N5O/c28-24-9-8-20(14-33-24)19-10-11-35-23(15-34-25(35)12-19)18-6-4-17(5-7-18)16-36(26(32)37)22-3-1-2-21(13-22)27(29,30)31/h1-15H,16H2,(H2,32,37). The van der Waals surface area contributed by atoms with E-state index in [0.717, 1.165) is 39.4 Å². The molecule has 186 valence electrons. The minimum atomic E-state index is -4.54.